The Labute approximate surface area is 257 Å². The summed E-state index contributed by atoms with van der Waals surface area (Å²) in [5.74, 6) is 3.78. The zero-order valence-corrected chi connectivity index (χ0v) is 25.6. The van der Waals surface area contributed by atoms with Crippen molar-refractivity contribution in [3.05, 3.63) is 89.2 Å². The van der Waals surface area contributed by atoms with Crippen LogP contribution in [0.2, 0.25) is 0 Å². The van der Waals surface area contributed by atoms with Gasteiger partial charge in [0.2, 0.25) is 5.13 Å². The van der Waals surface area contributed by atoms with E-state index >= 15 is 0 Å². The number of methoxy groups -OCH3 is 1. The Bertz CT molecular complexity index is 1520. The predicted molar refractivity (Wildman–Crippen MR) is 169 cm³/mol. The summed E-state index contributed by atoms with van der Waals surface area (Å²) in [6, 6.07) is 21.6. The molecule has 0 atom stereocenters. The molecule has 2 fully saturated rings. The molecule has 2 heterocycles. The number of ether oxygens (including phenoxy) is 3. The first-order valence-electron chi connectivity index (χ1n) is 15.1. The molecule has 1 aliphatic heterocycles. The van der Waals surface area contributed by atoms with Crippen molar-refractivity contribution >= 4 is 22.6 Å². The Balaban J connectivity index is 1.04. The van der Waals surface area contributed by atoms with Gasteiger partial charge in [-0.25, -0.2) is 4.98 Å². The van der Waals surface area contributed by atoms with E-state index in [1.165, 1.54) is 29.9 Å². The summed E-state index contributed by atoms with van der Waals surface area (Å²) in [6.07, 6.45) is 6.18. The van der Waals surface area contributed by atoms with Gasteiger partial charge in [0.05, 0.1) is 13.2 Å². The van der Waals surface area contributed by atoms with Crippen molar-refractivity contribution in [2.24, 2.45) is 0 Å². The third-order valence-corrected chi connectivity index (χ3v) is 8.87. The van der Waals surface area contributed by atoms with Crippen molar-refractivity contribution in [3.8, 4) is 23.0 Å². The lowest BCUT2D eigenvalue weighted by molar-refractivity contribution is 0.0766. The van der Waals surface area contributed by atoms with E-state index in [1.807, 2.05) is 59.5 Å². The van der Waals surface area contributed by atoms with E-state index in [0.717, 1.165) is 53.8 Å². The second-order valence-electron chi connectivity index (χ2n) is 11.3. The monoisotopic (exact) mass is 598 g/mol. The molecule has 0 bridgehead atoms. The number of nitrogens with zero attached hydrogens (tertiary/aromatic N) is 4. The van der Waals surface area contributed by atoms with Crippen LogP contribution in [0.25, 0.3) is 0 Å². The zero-order valence-electron chi connectivity index (χ0n) is 24.8. The van der Waals surface area contributed by atoms with Crippen LogP contribution in [0, 0.1) is 6.92 Å². The van der Waals surface area contributed by atoms with Gasteiger partial charge in [-0.05, 0) is 87.1 Å². The highest BCUT2D eigenvalue weighted by atomic mass is 32.1. The second-order valence-corrected chi connectivity index (χ2v) is 12.0. The molecule has 6 rings (SSSR count). The molecule has 1 saturated heterocycles. The minimum atomic E-state index is 0.0218. The Morgan fingerprint density at radius 3 is 2.37 bits per heavy atom. The second kappa shape index (κ2) is 13.5. The molecule has 0 unspecified atom stereocenters. The number of carbonyl (C=O) groups is 1. The third kappa shape index (κ3) is 7.28. The normalized spacial score (nSPS) is 15.8. The Kier molecular flexibility index (Phi) is 9.07. The van der Waals surface area contributed by atoms with E-state index < -0.39 is 0 Å². The summed E-state index contributed by atoms with van der Waals surface area (Å²) < 4.78 is 22.3. The van der Waals surface area contributed by atoms with Gasteiger partial charge in [0, 0.05) is 49.7 Å². The quantitative estimate of drug-likeness (QED) is 0.207. The maximum atomic E-state index is 13.5. The number of aromatic nitrogens is 2. The third-order valence-electron chi connectivity index (χ3n) is 8.06. The van der Waals surface area contributed by atoms with Crippen molar-refractivity contribution in [2.75, 3.05) is 38.2 Å². The largest absolute Gasteiger partial charge is 0.493 e. The smallest absolute Gasteiger partial charge is 0.254 e. The number of anilines is 1. The number of hydrogen-bond donors (Lipinski definition) is 0. The molecule has 8 nitrogen and oxygen atoms in total. The topological polar surface area (TPSA) is 77.0 Å². The molecule has 0 spiro atoms. The van der Waals surface area contributed by atoms with E-state index in [-0.39, 0.29) is 12.0 Å². The van der Waals surface area contributed by atoms with Gasteiger partial charge >= 0.3 is 0 Å². The standard InChI is InChI=1S/C34H38N4O4S/c1-24-8-13-28(14-9-24)41-29-15-10-25(11-16-29)22-32-35-34(43-36-32)38-19-5-18-37(20-21-38)33(39)26-12-17-30(40-2)31(23-26)42-27-6-3-4-7-27/h8-17,23,27H,3-7,18-22H2,1-2H3. The first-order valence-corrected chi connectivity index (χ1v) is 15.9. The molecule has 3 aromatic carbocycles. The maximum Gasteiger partial charge on any atom is 0.254 e. The Morgan fingerprint density at radius 1 is 0.884 bits per heavy atom. The van der Waals surface area contributed by atoms with Crippen LogP contribution in [0.4, 0.5) is 5.13 Å². The molecule has 1 saturated carbocycles. The summed E-state index contributed by atoms with van der Waals surface area (Å²) in [5.41, 5.74) is 2.97. The molecule has 2 aliphatic rings. The SMILES string of the molecule is COc1ccc(C(=O)N2CCCN(c3nc(Cc4ccc(Oc5ccc(C)cc5)cc4)ns3)CC2)cc1OC1CCCC1. The summed E-state index contributed by atoms with van der Waals surface area (Å²) >= 11 is 1.42. The minimum absolute atomic E-state index is 0.0218. The molecule has 1 amide bonds. The van der Waals surface area contributed by atoms with Crippen molar-refractivity contribution in [1.29, 1.82) is 0 Å². The lowest BCUT2D eigenvalue weighted by atomic mass is 10.1. The van der Waals surface area contributed by atoms with Crippen LogP contribution in [-0.4, -0.2) is 59.6 Å². The Morgan fingerprint density at radius 2 is 1.63 bits per heavy atom. The lowest BCUT2D eigenvalue weighted by Crippen LogP contribution is -2.35. The van der Waals surface area contributed by atoms with Gasteiger partial charge in [-0.2, -0.15) is 4.37 Å². The highest BCUT2D eigenvalue weighted by molar-refractivity contribution is 7.09. The fourth-order valence-electron chi connectivity index (χ4n) is 5.63. The van der Waals surface area contributed by atoms with E-state index in [2.05, 4.69) is 28.3 Å². The zero-order chi connectivity index (χ0) is 29.6. The van der Waals surface area contributed by atoms with Gasteiger partial charge in [-0.15, -0.1) is 0 Å². The minimum Gasteiger partial charge on any atom is -0.493 e. The number of rotatable bonds is 9. The van der Waals surface area contributed by atoms with Gasteiger partial charge in [0.1, 0.15) is 17.3 Å². The number of carbonyl (C=O) groups excluding carboxylic acids is 1. The van der Waals surface area contributed by atoms with Gasteiger partial charge in [0.15, 0.2) is 11.5 Å². The van der Waals surface area contributed by atoms with E-state index in [9.17, 15) is 4.79 Å². The average molecular weight is 599 g/mol. The van der Waals surface area contributed by atoms with Crippen LogP contribution < -0.4 is 19.1 Å². The van der Waals surface area contributed by atoms with Crippen LogP contribution >= 0.6 is 11.5 Å². The molecule has 4 aromatic rings. The van der Waals surface area contributed by atoms with Crippen molar-refractivity contribution in [2.45, 2.75) is 51.6 Å². The molecular weight excluding hydrogens is 560 g/mol. The molecule has 43 heavy (non-hydrogen) atoms. The average Bonchev–Trinajstić information content (AvgIpc) is 3.66. The fourth-order valence-corrected chi connectivity index (χ4v) is 6.36. The van der Waals surface area contributed by atoms with Crippen LogP contribution in [0.5, 0.6) is 23.0 Å². The van der Waals surface area contributed by atoms with Crippen molar-refractivity contribution in [3.63, 3.8) is 0 Å². The van der Waals surface area contributed by atoms with Gasteiger partial charge < -0.3 is 24.0 Å². The van der Waals surface area contributed by atoms with Crippen LogP contribution in [0.1, 0.15) is 59.4 Å². The molecule has 9 heteroatoms. The summed E-state index contributed by atoms with van der Waals surface area (Å²) in [5, 5.41) is 0.903. The van der Waals surface area contributed by atoms with Gasteiger partial charge in [-0.3, -0.25) is 4.79 Å². The summed E-state index contributed by atoms with van der Waals surface area (Å²) in [7, 11) is 1.64. The highest BCUT2D eigenvalue weighted by Gasteiger charge is 2.24. The molecule has 224 valence electrons. The predicted octanol–water partition coefficient (Wildman–Crippen LogP) is 6.91. The van der Waals surface area contributed by atoms with Crippen LogP contribution in [0.3, 0.4) is 0 Å². The summed E-state index contributed by atoms with van der Waals surface area (Å²) in [6.45, 7) is 4.93. The number of aryl methyl sites for hydroxylation is 1. The highest BCUT2D eigenvalue weighted by Crippen LogP contribution is 2.33. The fraction of sp³-hybridized carbons (Fsp3) is 0.382. The Hall–Kier alpha value is -4.11. The molecular formula is C34H38N4O4S. The first kappa shape index (κ1) is 29.0. The van der Waals surface area contributed by atoms with E-state index in [1.54, 1.807) is 7.11 Å². The van der Waals surface area contributed by atoms with E-state index in [4.69, 9.17) is 19.2 Å². The molecule has 1 aromatic heterocycles. The first-order chi connectivity index (χ1) is 21.0. The van der Waals surface area contributed by atoms with Gasteiger partial charge in [-0.1, -0.05) is 29.8 Å². The number of amides is 1. The lowest BCUT2D eigenvalue weighted by Gasteiger charge is -2.22. The molecule has 0 N–H and O–H groups in total. The molecule has 0 radical (unpaired) electrons. The number of benzene rings is 3. The van der Waals surface area contributed by atoms with Crippen LogP contribution in [-0.2, 0) is 6.42 Å². The van der Waals surface area contributed by atoms with E-state index in [0.29, 0.717) is 43.1 Å². The maximum absolute atomic E-state index is 13.5. The van der Waals surface area contributed by atoms with Crippen LogP contribution in [0.15, 0.2) is 66.7 Å². The van der Waals surface area contributed by atoms with Gasteiger partial charge in [0.25, 0.3) is 5.91 Å². The summed E-state index contributed by atoms with van der Waals surface area (Å²) in [4.78, 5) is 22.5. The number of hydrogen-bond acceptors (Lipinski definition) is 8. The molecule has 1 aliphatic carbocycles. The van der Waals surface area contributed by atoms with Crippen molar-refractivity contribution < 1.29 is 19.0 Å². The van der Waals surface area contributed by atoms with Crippen molar-refractivity contribution in [1.82, 2.24) is 14.3 Å².